The Kier molecular flexibility index (Phi) is 5.05. The lowest BCUT2D eigenvalue weighted by Gasteiger charge is -2.15. The minimum atomic E-state index is -1.03. The van der Waals surface area contributed by atoms with Gasteiger partial charge in [-0.05, 0) is 26.3 Å². The molecule has 0 saturated carbocycles. The number of ketones is 1. The number of carbonyl (C=O) groups excluding carboxylic acids is 1. The molecule has 1 heterocycles. The molecule has 0 aliphatic heterocycles. The summed E-state index contributed by atoms with van der Waals surface area (Å²) in [4.78, 5) is 23.6. The maximum Gasteiger partial charge on any atom is 0.256 e. The smallest absolute Gasteiger partial charge is 0.256 e. The second kappa shape index (κ2) is 6.14. The van der Waals surface area contributed by atoms with Crippen LogP contribution in [0.25, 0.3) is 0 Å². The van der Waals surface area contributed by atoms with Gasteiger partial charge >= 0.3 is 0 Å². The highest BCUT2D eigenvalue weighted by molar-refractivity contribution is 7.84. The minimum Gasteiger partial charge on any atom is -0.494 e. The van der Waals surface area contributed by atoms with Gasteiger partial charge in [-0.25, -0.2) is 0 Å². The molecule has 1 unspecified atom stereocenters. The highest BCUT2D eigenvalue weighted by atomic mass is 32.2. The van der Waals surface area contributed by atoms with Crippen molar-refractivity contribution in [3.05, 3.63) is 27.0 Å². The Morgan fingerprint density at radius 2 is 1.89 bits per heavy atom. The fourth-order valence-corrected chi connectivity index (χ4v) is 2.59. The van der Waals surface area contributed by atoms with Crippen LogP contribution in [0.5, 0.6) is 5.88 Å². The first-order valence-corrected chi connectivity index (χ1v) is 7.58. The molecule has 1 atom stereocenters. The van der Waals surface area contributed by atoms with E-state index < -0.39 is 10.8 Å². The molecule has 0 saturated heterocycles. The zero-order valence-electron chi connectivity index (χ0n) is 11.6. The predicted octanol–water partition coefficient (Wildman–Crippen LogP) is 1.14. The molecule has 0 bridgehead atoms. The minimum absolute atomic E-state index is 0.145. The average Bonchev–Trinajstić information content (AvgIpc) is 2.35. The first-order valence-electron chi connectivity index (χ1n) is 6.10. The molecule has 0 aliphatic carbocycles. The summed E-state index contributed by atoms with van der Waals surface area (Å²) in [5.41, 5.74) is 0.764. The molecule has 1 aromatic heterocycles. The number of rotatable bonds is 5. The van der Waals surface area contributed by atoms with E-state index in [1.807, 2.05) is 0 Å². The van der Waals surface area contributed by atoms with E-state index in [9.17, 15) is 18.9 Å². The van der Waals surface area contributed by atoms with Gasteiger partial charge in [0.25, 0.3) is 5.56 Å². The van der Waals surface area contributed by atoms with Crippen LogP contribution in [-0.4, -0.2) is 31.2 Å². The summed E-state index contributed by atoms with van der Waals surface area (Å²) in [6.45, 7) is 6.55. The quantitative estimate of drug-likeness (QED) is 0.823. The molecule has 0 aliphatic rings. The van der Waals surface area contributed by atoms with Crippen molar-refractivity contribution in [2.45, 2.75) is 34.2 Å². The number of aromatic hydroxyl groups is 1. The summed E-state index contributed by atoms with van der Waals surface area (Å²) >= 11 is 0. The molecular weight excluding hydrogens is 266 g/mol. The van der Waals surface area contributed by atoms with E-state index in [1.54, 1.807) is 20.8 Å². The molecule has 6 heteroatoms. The number of pyridine rings is 1. The zero-order valence-corrected chi connectivity index (χ0v) is 12.5. The Hall–Kier alpha value is -1.43. The maximum atomic E-state index is 12.1. The van der Waals surface area contributed by atoms with Crippen LogP contribution < -0.4 is 5.56 Å². The van der Waals surface area contributed by atoms with Gasteiger partial charge in [-0.2, -0.15) is 0 Å². The summed E-state index contributed by atoms with van der Waals surface area (Å²) in [6.07, 6.45) is 0. The second-order valence-electron chi connectivity index (χ2n) is 4.39. The number of aromatic nitrogens is 1. The molecule has 0 radical (unpaired) electrons. The zero-order chi connectivity index (χ0) is 14.7. The lowest BCUT2D eigenvalue weighted by atomic mass is 10.0. The first-order chi connectivity index (χ1) is 8.81. The number of hydrogen-bond acceptors (Lipinski definition) is 4. The third kappa shape index (κ3) is 3.12. The maximum absolute atomic E-state index is 12.1. The largest absolute Gasteiger partial charge is 0.494 e. The summed E-state index contributed by atoms with van der Waals surface area (Å²) in [7, 11) is -1.03. The summed E-state index contributed by atoms with van der Waals surface area (Å²) in [5, 5.41) is 10.1. The number of nitrogens with zero attached hydrogens (tertiary/aromatic N) is 1. The van der Waals surface area contributed by atoms with Crippen molar-refractivity contribution in [1.82, 2.24) is 4.57 Å². The van der Waals surface area contributed by atoms with Crippen molar-refractivity contribution in [2.24, 2.45) is 0 Å². The van der Waals surface area contributed by atoms with Gasteiger partial charge in [0.1, 0.15) is 0 Å². The lowest BCUT2D eigenvalue weighted by Crippen LogP contribution is -2.27. The Balaban J connectivity index is 3.36. The van der Waals surface area contributed by atoms with Crippen molar-refractivity contribution in [2.75, 3.05) is 11.5 Å². The van der Waals surface area contributed by atoms with Crippen LogP contribution in [0.4, 0.5) is 0 Å². The van der Waals surface area contributed by atoms with E-state index in [0.29, 0.717) is 16.9 Å². The molecule has 0 fully saturated rings. The van der Waals surface area contributed by atoms with Gasteiger partial charge in [-0.15, -0.1) is 0 Å². The van der Waals surface area contributed by atoms with Crippen LogP contribution in [0.3, 0.4) is 0 Å². The predicted molar refractivity (Wildman–Crippen MR) is 75.4 cm³/mol. The Labute approximate surface area is 114 Å². The third-order valence-corrected chi connectivity index (χ3v) is 4.48. The van der Waals surface area contributed by atoms with Gasteiger partial charge < -0.3 is 5.11 Å². The van der Waals surface area contributed by atoms with Crippen LogP contribution in [-0.2, 0) is 17.3 Å². The molecule has 5 nitrogen and oxygen atoms in total. The molecule has 1 rings (SSSR count). The standard InChI is InChI=1S/C13H19NO4S/c1-5-19(18)7-6-14-12(16)9(3)8(2)11(10(4)15)13(14)17/h17H,5-7H2,1-4H3. The summed E-state index contributed by atoms with van der Waals surface area (Å²) in [6, 6.07) is 0. The van der Waals surface area contributed by atoms with Gasteiger partial charge in [0, 0.05) is 34.4 Å². The average molecular weight is 285 g/mol. The van der Waals surface area contributed by atoms with Gasteiger partial charge in [-0.3, -0.25) is 18.4 Å². The number of carbonyl (C=O) groups is 1. The van der Waals surface area contributed by atoms with Gasteiger partial charge in [0.15, 0.2) is 5.78 Å². The fourth-order valence-electron chi connectivity index (χ4n) is 1.92. The molecule has 106 valence electrons. The van der Waals surface area contributed by atoms with E-state index in [0.717, 1.165) is 4.57 Å². The number of hydrogen-bond donors (Lipinski definition) is 1. The molecule has 0 amide bonds. The van der Waals surface area contributed by atoms with E-state index in [4.69, 9.17) is 0 Å². The number of Topliss-reactive ketones (excluding diaryl/α,β-unsaturated/α-hetero) is 1. The van der Waals surface area contributed by atoms with Crippen LogP contribution in [0, 0.1) is 13.8 Å². The Morgan fingerprint density at radius 1 is 1.32 bits per heavy atom. The van der Waals surface area contributed by atoms with E-state index in [1.165, 1.54) is 6.92 Å². The van der Waals surface area contributed by atoms with Crippen molar-refractivity contribution < 1.29 is 14.1 Å². The topological polar surface area (TPSA) is 76.4 Å². The highest BCUT2D eigenvalue weighted by Gasteiger charge is 2.19. The third-order valence-electron chi connectivity index (χ3n) is 3.20. The molecule has 0 spiro atoms. The summed E-state index contributed by atoms with van der Waals surface area (Å²) in [5.74, 6) is 0.168. The Bertz CT molecular complexity index is 589. The van der Waals surface area contributed by atoms with Crippen LogP contribution in [0.15, 0.2) is 4.79 Å². The van der Waals surface area contributed by atoms with E-state index >= 15 is 0 Å². The van der Waals surface area contributed by atoms with Crippen LogP contribution >= 0.6 is 0 Å². The lowest BCUT2D eigenvalue weighted by molar-refractivity contribution is 0.101. The van der Waals surface area contributed by atoms with E-state index in [-0.39, 0.29) is 35.1 Å². The SMILES string of the molecule is CCS(=O)CCn1c(O)c(C(C)=O)c(C)c(C)c1=O. The van der Waals surface area contributed by atoms with Crippen molar-refractivity contribution in [1.29, 1.82) is 0 Å². The fraction of sp³-hybridized carbons (Fsp3) is 0.538. The van der Waals surface area contributed by atoms with E-state index in [2.05, 4.69) is 0 Å². The van der Waals surface area contributed by atoms with Gasteiger partial charge in [0.2, 0.25) is 5.88 Å². The van der Waals surface area contributed by atoms with Crippen molar-refractivity contribution in [3.63, 3.8) is 0 Å². The van der Waals surface area contributed by atoms with Crippen molar-refractivity contribution in [3.8, 4) is 5.88 Å². The highest BCUT2D eigenvalue weighted by Crippen LogP contribution is 2.21. The summed E-state index contributed by atoms with van der Waals surface area (Å²) < 4.78 is 12.6. The molecular formula is C13H19NO4S. The van der Waals surface area contributed by atoms with Crippen molar-refractivity contribution >= 4 is 16.6 Å². The van der Waals surface area contributed by atoms with Gasteiger partial charge in [-0.1, -0.05) is 6.92 Å². The normalized spacial score (nSPS) is 12.4. The molecule has 19 heavy (non-hydrogen) atoms. The van der Waals surface area contributed by atoms with Gasteiger partial charge in [0.05, 0.1) is 5.56 Å². The second-order valence-corrected chi connectivity index (χ2v) is 6.26. The monoisotopic (exact) mass is 285 g/mol. The molecule has 1 N–H and O–H groups in total. The Morgan fingerprint density at radius 3 is 2.37 bits per heavy atom. The van der Waals surface area contributed by atoms with Crippen LogP contribution in [0.1, 0.15) is 35.3 Å². The molecule has 0 aromatic carbocycles. The first kappa shape index (κ1) is 15.6. The molecule has 1 aromatic rings. The van der Waals surface area contributed by atoms with Crippen LogP contribution in [0.2, 0.25) is 0 Å².